The molecule has 8 heteroatoms. The Kier molecular flexibility index (Phi) is 4.74. The fourth-order valence-corrected chi connectivity index (χ4v) is 2.38. The second-order valence-electron chi connectivity index (χ2n) is 5.59. The Hall–Kier alpha value is -3.55. The van der Waals surface area contributed by atoms with E-state index in [0.717, 1.165) is 5.56 Å². The standard InChI is InChI=1S/C18H16FN5O2/c1-11-5-3-4-6-15(11)17(25)21-22-18(26)16-20-12(2)24(23-16)14-9-7-13(19)8-10-14/h3-10H,1-2H3,(H,21,25)(H,22,26). The number of carbonyl (C=O) groups excluding carboxylic acids is 2. The fraction of sp³-hybridized carbons (Fsp3) is 0.111. The van der Waals surface area contributed by atoms with Crippen molar-refractivity contribution in [2.24, 2.45) is 0 Å². The molecule has 0 aliphatic rings. The smallest absolute Gasteiger partial charge is 0.267 e. The molecule has 0 saturated heterocycles. The Balaban J connectivity index is 1.71. The molecular formula is C18H16FN5O2. The molecule has 0 spiro atoms. The van der Waals surface area contributed by atoms with Crippen LogP contribution in [0.4, 0.5) is 4.39 Å². The summed E-state index contributed by atoms with van der Waals surface area (Å²) < 4.78 is 14.4. The summed E-state index contributed by atoms with van der Waals surface area (Å²) >= 11 is 0. The second kappa shape index (κ2) is 7.14. The van der Waals surface area contributed by atoms with E-state index in [1.54, 1.807) is 32.0 Å². The predicted octanol–water partition coefficient (Wildman–Crippen LogP) is 2.10. The number of hydrazine groups is 1. The van der Waals surface area contributed by atoms with Crippen LogP contribution < -0.4 is 10.9 Å². The van der Waals surface area contributed by atoms with Crippen LogP contribution in [-0.2, 0) is 0 Å². The van der Waals surface area contributed by atoms with Crippen molar-refractivity contribution in [2.45, 2.75) is 13.8 Å². The van der Waals surface area contributed by atoms with E-state index < -0.39 is 11.8 Å². The van der Waals surface area contributed by atoms with Gasteiger partial charge in [-0.2, -0.15) is 0 Å². The van der Waals surface area contributed by atoms with E-state index in [9.17, 15) is 14.0 Å². The summed E-state index contributed by atoms with van der Waals surface area (Å²) in [5, 5.41) is 4.10. The molecule has 0 atom stereocenters. The van der Waals surface area contributed by atoms with Gasteiger partial charge in [0.05, 0.1) is 5.69 Å². The van der Waals surface area contributed by atoms with E-state index in [4.69, 9.17) is 0 Å². The zero-order valence-electron chi connectivity index (χ0n) is 14.2. The lowest BCUT2D eigenvalue weighted by atomic mass is 10.1. The maximum Gasteiger partial charge on any atom is 0.309 e. The molecule has 2 aromatic carbocycles. The second-order valence-corrected chi connectivity index (χ2v) is 5.59. The molecule has 0 bridgehead atoms. The molecule has 7 nitrogen and oxygen atoms in total. The van der Waals surface area contributed by atoms with Crippen LogP contribution in [0.5, 0.6) is 0 Å². The molecule has 0 radical (unpaired) electrons. The van der Waals surface area contributed by atoms with Gasteiger partial charge in [-0.05, 0) is 49.7 Å². The maximum atomic E-state index is 13.0. The van der Waals surface area contributed by atoms with Crippen LogP contribution in [0.15, 0.2) is 48.5 Å². The van der Waals surface area contributed by atoms with Gasteiger partial charge in [0, 0.05) is 5.56 Å². The number of nitrogens with zero attached hydrogens (tertiary/aromatic N) is 3. The average Bonchev–Trinajstić information content (AvgIpc) is 3.02. The molecule has 0 aliphatic heterocycles. The Labute approximate surface area is 148 Å². The van der Waals surface area contributed by atoms with Crippen molar-refractivity contribution in [1.82, 2.24) is 25.6 Å². The molecule has 0 fully saturated rings. The van der Waals surface area contributed by atoms with Crippen molar-refractivity contribution in [1.29, 1.82) is 0 Å². The number of amides is 2. The minimum absolute atomic E-state index is 0.114. The van der Waals surface area contributed by atoms with E-state index in [-0.39, 0.29) is 11.6 Å². The molecule has 1 aromatic heterocycles. The monoisotopic (exact) mass is 353 g/mol. The first-order valence-electron chi connectivity index (χ1n) is 7.81. The van der Waals surface area contributed by atoms with Gasteiger partial charge in [0.25, 0.3) is 5.91 Å². The van der Waals surface area contributed by atoms with Crippen molar-refractivity contribution in [3.63, 3.8) is 0 Å². The Bertz CT molecular complexity index is 966. The van der Waals surface area contributed by atoms with Crippen molar-refractivity contribution in [3.05, 3.63) is 77.1 Å². The molecule has 0 aliphatic carbocycles. The minimum Gasteiger partial charge on any atom is -0.267 e. The van der Waals surface area contributed by atoms with Crippen molar-refractivity contribution < 1.29 is 14.0 Å². The van der Waals surface area contributed by atoms with Gasteiger partial charge in [0.15, 0.2) is 0 Å². The molecule has 26 heavy (non-hydrogen) atoms. The molecule has 2 amide bonds. The lowest BCUT2D eigenvalue weighted by Gasteiger charge is -2.07. The number of halogens is 1. The highest BCUT2D eigenvalue weighted by atomic mass is 19.1. The lowest BCUT2D eigenvalue weighted by Crippen LogP contribution is -2.42. The largest absolute Gasteiger partial charge is 0.309 e. The van der Waals surface area contributed by atoms with Gasteiger partial charge < -0.3 is 0 Å². The normalized spacial score (nSPS) is 10.4. The summed E-state index contributed by atoms with van der Waals surface area (Å²) in [4.78, 5) is 28.4. The highest BCUT2D eigenvalue weighted by molar-refractivity contribution is 5.98. The van der Waals surface area contributed by atoms with Gasteiger partial charge in [-0.1, -0.05) is 18.2 Å². The summed E-state index contributed by atoms with van der Waals surface area (Å²) in [6.07, 6.45) is 0. The number of rotatable bonds is 3. The summed E-state index contributed by atoms with van der Waals surface area (Å²) in [6.45, 7) is 3.46. The van der Waals surface area contributed by atoms with E-state index in [2.05, 4.69) is 20.9 Å². The SMILES string of the molecule is Cc1ccccc1C(=O)NNC(=O)c1nc(C)n(-c2ccc(F)cc2)n1. The van der Waals surface area contributed by atoms with Crippen LogP contribution in [0.1, 0.15) is 32.4 Å². The first-order valence-corrected chi connectivity index (χ1v) is 7.81. The minimum atomic E-state index is -0.657. The van der Waals surface area contributed by atoms with E-state index in [1.165, 1.54) is 28.9 Å². The van der Waals surface area contributed by atoms with Crippen LogP contribution in [-0.4, -0.2) is 26.6 Å². The summed E-state index contributed by atoms with van der Waals surface area (Å²) in [7, 11) is 0. The number of carbonyl (C=O) groups is 2. The van der Waals surface area contributed by atoms with Gasteiger partial charge in [0.2, 0.25) is 5.82 Å². The van der Waals surface area contributed by atoms with Gasteiger partial charge >= 0.3 is 5.91 Å². The number of aromatic nitrogens is 3. The highest BCUT2D eigenvalue weighted by Gasteiger charge is 2.16. The molecule has 3 rings (SSSR count). The number of nitrogens with one attached hydrogen (secondary N) is 2. The van der Waals surface area contributed by atoms with Crippen LogP contribution in [0, 0.1) is 19.7 Å². The number of benzene rings is 2. The topological polar surface area (TPSA) is 88.9 Å². The number of hydrogen-bond donors (Lipinski definition) is 2. The van der Waals surface area contributed by atoms with Gasteiger partial charge in [-0.3, -0.25) is 20.4 Å². The quantitative estimate of drug-likeness (QED) is 0.706. The molecular weight excluding hydrogens is 337 g/mol. The Morgan fingerprint density at radius 1 is 0.962 bits per heavy atom. The van der Waals surface area contributed by atoms with E-state index >= 15 is 0 Å². The van der Waals surface area contributed by atoms with Crippen LogP contribution in [0.3, 0.4) is 0 Å². The third-order valence-corrected chi connectivity index (χ3v) is 3.72. The van der Waals surface area contributed by atoms with Gasteiger partial charge in [0.1, 0.15) is 11.6 Å². The van der Waals surface area contributed by atoms with Crippen LogP contribution in [0.2, 0.25) is 0 Å². The lowest BCUT2D eigenvalue weighted by molar-refractivity contribution is 0.0840. The summed E-state index contributed by atoms with van der Waals surface area (Å²) in [5.74, 6) is -1.13. The number of hydrogen-bond acceptors (Lipinski definition) is 4. The average molecular weight is 353 g/mol. The Morgan fingerprint density at radius 3 is 2.31 bits per heavy atom. The summed E-state index contributed by atoms with van der Waals surface area (Å²) in [6, 6.07) is 12.6. The Morgan fingerprint density at radius 2 is 1.62 bits per heavy atom. The molecule has 2 N–H and O–H groups in total. The molecule has 3 aromatic rings. The van der Waals surface area contributed by atoms with E-state index in [0.29, 0.717) is 17.1 Å². The van der Waals surface area contributed by atoms with Gasteiger partial charge in [-0.15, -0.1) is 5.10 Å². The third-order valence-electron chi connectivity index (χ3n) is 3.72. The first kappa shape index (κ1) is 17.3. The van der Waals surface area contributed by atoms with Crippen molar-refractivity contribution >= 4 is 11.8 Å². The first-order chi connectivity index (χ1) is 12.5. The molecule has 1 heterocycles. The van der Waals surface area contributed by atoms with Crippen LogP contribution in [0.25, 0.3) is 5.69 Å². The molecule has 0 saturated carbocycles. The molecule has 132 valence electrons. The van der Waals surface area contributed by atoms with Crippen molar-refractivity contribution in [3.8, 4) is 5.69 Å². The van der Waals surface area contributed by atoms with Gasteiger partial charge in [-0.25, -0.2) is 14.1 Å². The third kappa shape index (κ3) is 3.59. The highest BCUT2D eigenvalue weighted by Crippen LogP contribution is 2.10. The van der Waals surface area contributed by atoms with Crippen molar-refractivity contribution in [2.75, 3.05) is 0 Å². The molecule has 0 unspecified atom stereocenters. The fourth-order valence-electron chi connectivity index (χ4n) is 2.38. The van der Waals surface area contributed by atoms with Crippen LogP contribution >= 0.6 is 0 Å². The van der Waals surface area contributed by atoms with E-state index in [1.807, 2.05) is 6.07 Å². The zero-order valence-corrected chi connectivity index (χ0v) is 14.2. The zero-order chi connectivity index (χ0) is 18.7. The summed E-state index contributed by atoms with van der Waals surface area (Å²) in [5.41, 5.74) is 6.43. The number of aryl methyl sites for hydroxylation is 2. The predicted molar refractivity (Wildman–Crippen MR) is 92.2 cm³/mol. The maximum absolute atomic E-state index is 13.0.